The molecular weight excluding hydrogens is 141 g/mol. The van der Waals surface area contributed by atoms with Gasteiger partial charge in [0.2, 0.25) is 6.86 Å². The molecule has 0 unspecified atom stereocenters. The molecule has 0 atom stereocenters. The number of carbonyl (C=O) groups is 1. The van der Waals surface area contributed by atoms with E-state index in [4.69, 9.17) is 0 Å². The molecule has 0 amide bonds. The van der Waals surface area contributed by atoms with Crippen molar-refractivity contribution in [2.24, 2.45) is 0 Å². The van der Waals surface area contributed by atoms with Crippen LogP contribution in [-0.4, -0.2) is 19.6 Å². The predicted molar refractivity (Wildman–Crippen MR) is 19.5 cm³/mol. The predicted octanol–water partition coefficient (Wildman–Crippen LogP) is 1.29. The lowest BCUT2D eigenvalue weighted by Gasteiger charge is -1.98. The third kappa shape index (κ3) is 4.92. The third-order valence-corrected chi connectivity index (χ3v) is 0.358. The van der Waals surface area contributed by atoms with Crippen LogP contribution in [0.3, 0.4) is 0 Å². The molecule has 0 spiro atoms. The minimum atomic E-state index is -3.26. The van der Waals surface area contributed by atoms with Crippen LogP contribution in [0.25, 0.3) is 0 Å². The SMILES string of the molecule is O=C(OCF)OC(F)F. The van der Waals surface area contributed by atoms with E-state index >= 15 is 0 Å². The monoisotopic (exact) mass is 144 g/mol. The van der Waals surface area contributed by atoms with Crippen LogP contribution >= 0.6 is 0 Å². The average molecular weight is 144 g/mol. The van der Waals surface area contributed by atoms with E-state index in [1.165, 1.54) is 0 Å². The van der Waals surface area contributed by atoms with Gasteiger partial charge in [0, 0.05) is 0 Å². The molecule has 0 radical (unpaired) electrons. The highest BCUT2D eigenvalue weighted by Crippen LogP contribution is 1.96. The van der Waals surface area contributed by atoms with Crippen LogP contribution < -0.4 is 0 Å². The Morgan fingerprint density at radius 1 is 1.56 bits per heavy atom. The molecule has 3 nitrogen and oxygen atoms in total. The van der Waals surface area contributed by atoms with E-state index in [1.54, 1.807) is 0 Å². The zero-order valence-electron chi connectivity index (χ0n) is 4.14. The summed E-state index contributed by atoms with van der Waals surface area (Å²) < 4.78 is 39.3. The second kappa shape index (κ2) is 3.99. The molecule has 9 heavy (non-hydrogen) atoms. The van der Waals surface area contributed by atoms with Crippen LogP contribution in [0.5, 0.6) is 0 Å². The van der Waals surface area contributed by atoms with Crippen molar-refractivity contribution >= 4 is 6.16 Å². The molecule has 0 N–H and O–H groups in total. The van der Waals surface area contributed by atoms with Crippen molar-refractivity contribution in [1.29, 1.82) is 0 Å². The van der Waals surface area contributed by atoms with Crippen LogP contribution in [-0.2, 0) is 9.47 Å². The van der Waals surface area contributed by atoms with E-state index in [9.17, 15) is 18.0 Å². The summed E-state index contributed by atoms with van der Waals surface area (Å²) in [6.07, 6.45) is -1.72. The standard InChI is InChI=1S/C3H3F3O3/c4-1-8-3(7)9-2(5)6/h2H,1H2. The van der Waals surface area contributed by atoms with Crippen molar-refractivity contribution in [3.63, 3.8) is 0 Å². The zero-order valence-corrected chi connectivity index (χ0v) is 4.14. The fraction of sp³-hybridized carbons (Fsp3) is 0.667. The fourth-order valence-corrected chi connectivity index (χ4v) is 0.151. The Morgan fingerprint density at radius 2 is 2.11 bits per heavy atom. The van der Waals surface area contributed by atoms with Crippen LogP contribution in [0, 0.1) is 0 Å². The number of alkyl halides is 3. The Labute approximate surface area is 48.4 Å². The highest BCUT2D eigenvalue weighted by atomic mass is 19.3. The van der Waals surface area contributed by atoms with Crippen molar-refractivity contribution in [2.45, 2.75) is 6.61 Å². The second-order valence-electron chi connectivity index (χ2n) is 0.882. The molecule has 0 heterocycles. The van der Waals surface area contributed by atoms with Gasteiger partial charge in [0.1, 0.15) is 0 Å². The van der Waals surface area contributed by atoms with Crippen LogP contribution in [0.15, 0.2) is 0 Å². The van der Waals surface area contributed by atoms with Crippen molar-refractivity contribution in [2.75, 3.05) is 6.86 Å². The molecule has 0 rings (SSSR count). The number of rotatable bonds is 2. The highest BCUT2D eigenvalue weighted by molar-refractivity contribution is 5.59. The van der Waals surface area contributed by atoms with Crippen molar-refractivity contribution in [3.8, 4) is 0 Å². The molecule has 0 aromatic rings. The Bertz CT molecular complexity index is 94.3. The van der Waals surface area contributed by atoms with E-state index in [0.717, 1.165) is 0 Å². The van der Waals surface area contributed by atoms with E-state index in [0.29, 0.717) is 0 Å². The van der Waals surface area contributed by atoms with E-state index in [1.807, 2.05) is 0 Å². The summed E-state index contributed by atoms with van der Waals surface area (Å²) >= 11 is 0. The van der Waals surface area contributed by atoms with E-state index in [-0.39, 0.29) is 0 Å². The maximum atomic E-state index is 11.0. The maximum absolute atomic E-state index is 11.0. The number of ether oxygens (including phenoxy) is 2. The van der Waals surface area contributed by atoms with Gasteiger partial charge in [-0.25, -0.2) is 9.18 Å². The van der Waals surface area contributed by atoms with Gasteiger partial charge in [0.15, 0.2) is 0 Å². The quantitative estimate of drug-likeness (QED) is 0.547. The molecule has 0 aromatic carbocycles. The van der Waals surface area contributed by atoms with Crippen molar-refractivity contribution in [1.82, 2.24) is 0 Å². The summed E-state index contributed by atoms with van der Waals surface area (Å²) in [5, 5.41) is 0. The third-order valence-electron chi connectivity index (χ3n) is 0.358. The molecule has 6 heteroatoms. The fourth-order valence-electron chi connectivity index (χ4n) is 0.151. The first kappa shape index (κ1) is 8.06. The van der Waals surface area contributed by atoms with Crippen LogP contribution in [0.2, 0.25) is 0 Å². The summed E-state index contributed by atoms with van der Waals surface area (Å²) in [6.45, 7) is -4.73. The first-order chi connectivity index (χ1) is 4.16. The van der Waals surface area contributed by atoms with Gasteiger partial charge in [-0.2, -0.15) is 8.78 Å². The molecule has 0 fully saturated rings. The number of halogens is 3. The summed E-state index contributed by atoms with van der Waals surface area (Å²) in [5.41, 5.74) is 0. The Morgan fingerprint density at radius 3 is 2.44 bits per heavy atom. The largest absolute Gasteiger partial charge is 0.515 e. The molecule has 0 aliphatic carbocycles. The maximum Gasteiger partial charge on any atom is 0.515 e. The van der Waals surface area contributed by atoms with Gasteiger partial charge in [-0.3, -0.25) is 0 Å². The summed E-state index contributed by atoms with van der Waals surface area (Å²) in [5.74, 6) is 0. The van der Waals surface area contributed by atoms with Gasteiger partial charge in [-0.1, -0.05) is 0 Å². The van der Waals surface area contributed by atoms with Gasteiger partial charge >= 0.3 is 12.8 Å². The minimum absolute atomic E-state index is 1.47. The highest BCUT2D eigenvalue weighted by Gasteiger charge is 2.10. The average Bonchev–Trinajstić information content (AvgIpc) is 1.63. The molecule has 0 saturated heterocycles. The summed E-state index contributed by atoms with van der Waals surface area (Å²) in [4.78, 5) is 9.69. The molecule has 0 aromatic heterocycles. The Balaban J connectivity index is 3.27. The van der Waals surface area contributed by atoms with Crippen LogP contribution in [0.4, 0.5) is 18.0 Å². The summed E-state index contributed by atoms with van der Waals surface area (Å²) in [6, 6.07) is 0. The van der Waals surface area contributed by atoms with Gasteiger partial charge in [0.05, 0.1) is 0 Å². The lowest BCUT2D eigenvalue weighted by molar-refractivity contribution is -0.111. The van der Waals surface area contributed by atoms with Crippen molar-refractivity contribution < 1.29 is 27.4 Å². The second-order valence-corrected chi connectivity index (χ2v) is 0.882. The number of carbonyl (C=O) groups excluding carboxylic acids is 1. The molecular formula is C3H3F3O3. The molecule has 0 aliphatic heterocycles. The van der Waals surface area contributed by atoms with Gasteiger partial charge < -0.3 is 9.47 Å². The Hall–Kier alpha value is -0.940. The topological polar surface area (TPSA) is 35.5 Å². The zero-order chi connectivity index (χ0) is 7.28. The summed E-state index contributed by atoms with van der Waals surface area (Å²) in [7, 11) is 0. The van der Waals surface area contributed by atoms with Gasteiger partial charge in [-0.05, 0) is 0 Å². The first-order valence-corrected chi connectivity index (χ1v) is 1.84. The first-order valence-electron chi connectivity index (χ1n) is 1.84. The van der Waals surface area contributed by atoms with Crippen molar-refractivity contribution in [3.05, 3.63) is 0 Å². The van der Waals surface area contributed by atoms with Gasteiger partial charge in [-0.15, -0.1) is 0 Å². The van der Waals surface area contributed by atoms with E-state index in [2.05, 4.69) is 9.47 Å². The Kier molecular flexibility index (Phi) is 3.57. The minimum Gasteiger partial charge on any atom is -0.402 e. The van der Waals surface area contributed by atoms with Crippen LogP contribution in [0.1, 0.15) is 0 Å². The molecule has 0 saturated carbocycles. The normalized spacial score (nSPS) is 9.33. The smallest absolute Gasteiger partial charge is 0.402 e. The molecule has 0 aliphatic rings. The van der Waals surface area contributed by atoms with Gasteiger partial charge in [0.25, 0.3) is 0 Å². The molecule has 0 bridgehead atoms. The number of hydrogen-bond acceptors (Lipinski definition) is 3. The van der Waals surface area contributed by atoms with E-state index < -0.39 is 19.6 Å². The lowest BCUT2D eigenvalue weighted by Crippen LogP contribution is -2.10. The number of hydrogen-bond donors (Lipinski definition) is 0. The molecule has 54 valence electrons. The lowest BCUT2D eigenvalue weighted by atomic mass is 11.2.